The van der Waals surface area contributed by atoms with Crippen LogP contribution in [0.3, 0.4) is 0 Å². The second-order valence-corrected chi connectivity index (χ2v) is 8.52. The van der Waals surface area contributed by atoms with E-state index in [0.717, 1.165) is 22.6 Å². The summed E-state index contributed by atoms with van der Waals surface area (Å²) < 4.78 is 15.8. The van der Waals surface area contributed by atoms with Gasteiger partial charge in [0.25, 0.3) is 0 Å². The molecule has 2 aromatic carbocycles. The van der Waals surface area contributed by atoms with Crippen molar-refractivity contribution in [2.24, 2.45) is 5.73 Å². The zero-order chi connectivity index (χ0) is 28.4. The second kappa shape index (κ2) is 17.5. The summed E-state index contributed by atoms with van der Waals surface area (Å²) in [6.07, 6.45) is 0.250. The van der Waals surface area contributed by atoms with E-state index in [2.05, 4.69) is 36.2 Å². The van der Waals surface area contributed by atoms with Crippen LogP contribution in [0.5, 0.6) is 5.75 Å². The summed E-state index contributed by atoms with van der Waals surface area (Å²) in [6.45, 7) is 3.52. The van der Waals surface area contributed by atoms with Gasteiger partial charge >= 0.3 is 0 Å². The number of amides is 1. The topological polar surface area (TPSA) is 178 Å². The van der Waals surface area contributed by atoms with Gasteiger partial charge in [0, 0.05) is 31.9 Å². The van der Waals surface area contributed by atoms with E-state index < -0.39 is 0 Å². The highest BCUT2D eigenvalue weighted by atomic mass is 16.5. The number of nitrogens with zero attached hydrogens (tertiary/aromatic N) is 3. The lowest BCUT2D eigenvalue weighted by molar-refractivity contribution is -0.120. The highest BCUT2D eigenvalue weighted by molar-refractivity contribution is 5.78. The number of aliphatic hydroxyl groups is 1. The number of nitrogens with two attached hydrogens (primary N) is 1. The lowest BCUT2D eigenvalue weighted by Crippen LogP contribution is -2.29. The molecule has 0 unspecified atom stereocenters. The molecule has 1 amide bonds. The number of ether oxygens (including phenoxy) is 3. The smallest absolute Gasteiger partial charge is 0.233 e. The van der Waals surface area contributed by atoms with E-state index in [-0.39, 0.29) is 18.9 Å². The lowest BCUT2D eigenvalue weighted by atomic mass is 10.1. The van der Waals surface area contributed by atoms with Crippen LogP contribution in [0.15, 0.2) is 48.5 Å². The van der Waals surface area contributed by atoms with Crippen molar-refractivity contribution >= 4 is 29.4 Å². The average molecular weight is 555 g/mol. The number of hydrogen-bond donors (Lipinski definition) is 6. The molecule has 0 aliphatic rings. The van der Waals surface area contributed by atoms with Gasteiger partial charge < -0.3 is 46.3 Å². The van der Waals surface area contributed by atoms with Crippen LogP contribution in [0.2, 0.25) is 0 Å². The minimum atomic E-state index is -0.0895. The number of hydrogen-bond acceptors (Lipinski definition) is 12. The lowest BCUT2D eigenvalue weighted by Gasteiger charge is -2.12. The highest BCUT2D eigenvalue weighted by Crippen LogP contribution is 2.18. The summed E-state index contributed by atoms with van der Waals surface area (Å²) in [5.41, 5.74) is 7.99. The number of aliphatic hydroxyl groups excluding tert-OH is 1. The van der Waals surface area contributed by atoms with Crippen molar-refractivity contribution < 1.29 is 24.1 Å². The molecule has 3 aromatic rings. The molecule has 0 atom stereocenters. The molecule has 13 heteroatoms. The van der Waals surface area contributed by atoms with E-state index in [4.69, 9.17) is 19.9 Å². The average Bonchev–Trinajstić information content (AvgIpc) is 2.97. The first kappa shape index (κ1) is 30.5. The van der Waals surface area contributed by atoms with E-state index in [1.807, 2.05) is 48.5 Å². The molecule has 0 aliphatic carbocycles. The molecule has 1 aromatic heterocycles. The SMILES string of the molecule is COc1ccc(CNc2nc(NCCO)nc(Nc3ccc(CC(=O)NCCOCCOCCN)cc3)n2)cc1. The molecule has 0 saturated carbocycles. The predicted molar refractivity (Wildman–Crippen MR) is 153 cm³/mol. The van der Waals surface area contributed by atoms with Crippen LogP contribution in [0.4, 0.5) is 23.5 Å². The van der Waals surface area contributed by atoms with E-state index in [0.29, 0.717) is 70.5 Å². The molecule has 216 valence electrons. The maximum absolute atomic E-state index is 12.2. The third kappa shape index (κ3) is 11.4. The standard InChI is InChI=1S/C27H38N8O5/c1-38-23-8-4-21(5-9-23)19-31-26-33-25(30-11-13-36)34-27(35-26)32-22-6-2-20(3-7-22)18-24(37)29-12-15-40-17-16-39-14-10-28/h2-9,36H,10-19,28H2,1H3,(H,29,37)(H3,30,31,32,33,34,35). The van der Waals surface area contributed by atoms with Crippen LogP contribution >= 0.6 is 0 Å². The summed E-state index contributed by atoms with van der Waals surface area (Å²) in [4.78, 5) is 25.5. The molecule has 0 spiro atoms. The molecular weight excluding hydrogens is 516 g/mol. The Kier molecular flexibility index (Phi) is 13.4. The first-order valence-electron chi connectivity index (χ1n) is 13.1. The van der Waals surface area contributed by atoms with Crippen molar-refractivity contribution in [1.29, 1.82) is 0 Å². The van der Waals surface area contributed by atoms with Gasteiger partial charge in [-0.25, -0.2) is 0 Å². The zero-order valence-corrected chi connectivity index (χ0v) is 22.7. The fourth-order valence-electron chi connectivity index (χ4n) is 3.43. The maximum atomic E-state index is 12.2. The van der Waals surface area contributed by atoms with Crippen LogP contribution in [-0.2, 0) is 27.2 Å². The molecule has 40 heavy (non-hydrogen) atoms. The summed E-state index contributed by atoms with van der Waals surface area (Å²) in [7, 11) is 1.63. The molecule has 0 fully saturated rings. The number of aromatic nitrogens is 3. The zero-order valence-electron chi connectivity index (χ0n) is 22.7. The monoisotopic (exact) mass is 554 g/mol. The molecule has 3 rings (SSSR count). The Morgan fingerprint density at radius 2 is 1.48 bits per heavy atom. The summed E-state index contributed by atoms with van der Waals surface area (Å²) in [5.74, 6) is 1.71. The summed E-state index contributed by atoms with van der Waals surface area (Å²) >= 11 is 0. The third-order valence-corrected chi connectivity index (χ3v) is 5.42. The molecule has 0 aliphatic heterocycles. The number of carbonyl (C=O) groups excluding carboxylic acids is 1. The number of carbonyl (C=O) groups is 1. The maximum Gasteiger partial charge on any atom is 0.233 e. The Hall–Kier alpha value is -4.04. The van der Waals surface area contributed by atoms with E-state index >= 15 is 0 Å². The van der Waals surface area contributed by atoms with E-state index in [9.17, 15) is 9.90 Å². The molecule has 0 saturated heterocycles. The largest absolute Gasteiger partial charge is 0.497 e. The van der Waals surface area contributed by atoms with Crippen molar-refractivity contribution in [2.45, 2.75) is 13.0 Å². The minimum absolute atomic E-state index is 0.0602. The molecule has 13 nitrogen and oxygen atoms in total. The van der Waals surface area contributed by atoms with Gasteiger partial charge in [-0.2, -0.15) is 15.0 Å². The van der Waals surface area contributed by atoms with Gasteiger partial charge in [0.1, 0.15) is 5.75 Å². The minimum Gasteiger partial charge on any atom is -0.497 e. The predicted octanol–water partition coefficient (Wildman–Crippen LogP) is 1.29. The molecule has 0 radical (unpaired) electrons. The number of methoxy groups -OCH3 is 1. The van der Waals surface area contributed by atoms with E-state index in [1.165, 1.54) is 0 Å². The van der Waals surface area contributed by atoms with Gasteiger partial charge in [-0.3, -0.25) is 4.79 Å². The molecule has 1 heterocycles. The van der Waals surface area contributed by atoms with Gasteiger partial charge in [0.2, 0.25) is 23.8 Å². The molecule has 0 bridgehead atoms. The van der Waals surface area contributed by atoms with Gasteiger partial charge in [-0.1, -0.05) is 24.3 Å². The Labute approximate surface area is 233 Å². The quantitative estimate of drug-likeness (QED) is 0.117. The van der Waals surface area contributed by atoms with Gasteiger partial charge in [-0.15, -0.1) is 0 Å². The van der Waals surface area contributed by atoms with Crippen LogP contribution in [0, 0.1) is 0 Å². The molecule has 7 N–H and O–H groups in total. The van der Waals surface area contributed by atoms with Crippen molar-refractivity contribution in [3.63, 3.8) is 0 Å². The summed E-state index contributed by atoms with van der Waals surface area (Å²) in [6, 6.07) is 15.1. The Balaban J connectivity index is 1.50. The van der Waals surface area contributed by atoms with Crippen LogP contribution < -0.4 is 31.7 Å². The van der Waals surface area contributed by atoms with Gasteiger partial charge in [0.15, 0.2) is 0 Å². The third-order valence-electron chi connectivity index (χ3n) is 5.42. The van der Waals surface area contributed by atoms with Crippen molar-refractivity contribution in [3.8, 4) is 5.75 Å². The van der Waals surface area contributed by atoms with Crippen molar-refractivity contribution in [1.82, 2.24) is 20.3 Å². The number of benzene rings is 2. The number of nitrogens with one attached hydrogen (secondary N) is 4. The normalized spacial score (nSPS) is 10.7. The Morgan fingerprint density at radius 3 is 2.15 bits per heavy atom. The van der Waals surface area contributed by atoms with Crippen molar-refractivity contribution in [2.75, 3.05) is 75.7 Å². The van der Waals surface area contributed by atoms with Crippen LogP contribution in [0.1, 0.15) is 11.1 Å². The Bertz CT molecular complexity index is 1150. The second-order valence-electron chi connectivity index (χ2n) is 8.52. The first-order valence-corrected chi connectivity index (χ1v) is 13.1. The van der Waals surface area contributed by atoms with Gasteiger partial charge in [0.05, 0.1) is 46.6 Å². The number of rotatable bonds is 19. The van der Waals surface area contributed by atoms with Crippen molar-refractivity contribution in [3.05, 3.63) is 59.7 Å². The fraction of sp³-hybridized carbons (Fsp3) is 0.407. The number of anilines is 4. The fourth-order valence-corrected chi connectivity index (χ4v) is 3.43. The van der Waals surface area contributed by atoms with Crippen LogP contribution in [-0.4, -0.2) is 85.7 Å². The molecular formula is C27H38N8O5. The van der Waals surface area contributed by atoms with Crippen LogP contribution in [0.25, 0.3) is 0 Å². The summed E-state index contributed by atoms with van der Waals surface area (Å²) in [5, 5.41) is 21.3. The highest BCUT2D eigenvalue weighted by Gasteiger charge is 2.09. The van der Waals surface area contributed by atoms with Gasteiger partial charge in [-0.05, 0) is 35.4 Å². The Morgan fingerprint density at radius 1 is 0.825 bits per heavy atom. The first-order chi connectivity index (χ1) is 19.6. The van der Waals surface area contributed by atoms with E-state index in [1.54, 1.807) is 7.11 Å².